The van der Waals surface area contributed by atoms with Crippen molar-refractivity contribution in [3.05, 3.63) is 23.2 Å². The highest BCUT2D eigenvalue weighted by Gasteiger charge is 2.18. The Bertz CT molecular complexity index is 440. The molecule has 5 nitrogen and oxygen atoms in total. The summed E-state index contributed by atoms with van der Waals surface area (Å²) in [6.07, 6.45) is 0. The second-order valence-electron chi connectivity index (χ2n) is 4.37. The lowest BCUT2D eigenvalue weighted by Gasteiger charge is -2.23. The number of anilines is 2. The van der Waals surface area contributed by atoms with Crippen LogP contribution in [0.1, 0.15) is 6.92 Å². The zero-order valence-electron chi connectivity index (χ0n) is 11.4. The maximum Gasteiger partial charge on any atom is 0.241 e. The van der Waals surface area contributed by atoms with E-state index in [2.05, 4.69) is 5.32 Å². The summed E-state index contributed by atoms with van der Waals surface area (Å²) >= 11 is 5.88. The molecule has 0 saturated heterocycles. The first-order valence-corrected chi connectivity index (χ1v) is 6.38. The first-order valence-electron chi connectivity index (χ1n) is 6.00. The third kappa shape index (κ3) is 4.70. The molecule has 19 heavy (non-hydrogen) atoms. The molecule has 1 aromatic rings. The molecular weight excluding hydrogens is 266 g/mol. The van der Waals surface area contributed by atoms with Crippen molar-refractivity contribution < 1.29 is 9.53 Å². The van der Waals surface area contributed by atoms with Crippen molar-refractivity contribution >= 4 is 28.9 Å². The van der Waals surface area contributed by atoms with E-state index in [1.807, 2.05) is 18.9 Å². The van der Waals surface area contributed by atoms with Crippen LogP contribution in [0.4, 0.5) is 11.4 Å². The predicted molar refractivity (Wildman–Crippen MR) is 78.5 cm³/mol. The number of carbonyl (C=O) groups is 1. The van der Waals surface area contributed by atoms with E-state index < -0.39 is 0 Å². The number of halogens is 1. The highest BCUT2D eigenvalue weighted by atomic mass is 35.5. The van der Waals surface area contributed by atoms with Crippen LogP contribution in [0.3, 0.4) is 0 Å². The number of hydrogen-bond donors (Lipinski definition) is 2. The summed E-state index contributed by atoms with van der Waals surface area (Å²) in [5.41, 5.74) is 6.81. The molecule has 0 aliphatic carbocycles. The van der Waals surface area contributed by atoms with E-state index in [-0.39, 0.29) is 11.9 Å². The van der Waals surface area contributed by atoms with Crippen LogP contribution in [0.25, 0.3) is 0 Å². The van der Waals surface area contributed by atoms with Crippen LogP contribution in [0, 0.1) is 0 Å². The molecule has 0 spiro atoms. The van der Waals surface area contributed by atoms with Crippen molar-refractivity contribution in [3.8, 4) is 0 Å². The number of likely N-dealkylation sites (N-methyl/N-ethyl adjacent to an activating group) is 1. The molecular formula is C13H20ClN3O2. The third-order valence-electron chi connectivity index (χ3n) is 2.96. The smallest absolute Gasteiger partial charge is 0.241 e. The molecule has 0 heterocycles. The normalized spacial score (nSPS) is 12.5. The highest BCUT2D eigenvalue weighted by molar-refractivity contribution is 6.31. The number of rotatable bonds is 6. The molecule has 1 aromatic carbocycles. The SMILES string of the molecule is COCCN(C)C(C)C(=O)Nc1cc(Cl)ccc1N. The van der Waals surface area contributed by atoms with Gasteiger partial charge in [-0.05, 0) is 32.2 Å². The van der Waals surface area contributed by atoms with Crippen molar-refractivity contribution in [2.75, 3.05) is 38.4 Å². The number of nitrogen functional groups attached to an aromatic ring is 1. The van der Waals surface area contributed by atoms with Gasteiger partial charge in [0, 0.05) is 18.7 Å². The summed E-state index contributed by atoms with van der Waals surface area (Å²) in [6, 6.07) is 4.70. The molecule has 1 rings (SSSR count). The van der Waals surface area contributed by atoms with Gasteiger partial charge in [0.05, 0.1) is 24.0 Å². The van der Waals surface area contributed by atoms with Gasteiger partial charge in [-0.25, -0.2) is 0 Å². The van der Waals surface area contributed by atoms with E-state index in [0.29, 0.717) is 29.5 Å². The minimum Gasteiger partial charge on any atom is -0.397 e. The number of nitrogens with two attached hydrogens (primary N) is 1. The Morgan fingerprint density at radius 1 is 1.58 bits per heavy atom. The average molecular weight is 286 g/mol. The van der Waals surface area contributed by atoms with Gasteiger partial charge in [0.1, 0.15) is 0 Å². The number of benzene rings is 1. The van der Waals surface area contributed by atoms with Gasteiger partial charge in [-0.2, -0.15) is 0 Å². The Morgan fingerprint density at radius 2 is 2.26 bits per heavy atom. The number of carbonyl (C=O) groups excluding carboxylic acids is 1. The molecule has 3 N–H and O–H groups in total. The Labute approximate surface area is 118 Å². The first-order chi connectivity index (χ1) is 8.95. The Balaban J connectivity index is 2.65. The number of hydrogen-bond acceptors (Lipinski definition) is 4. The molecule has 1 atom stereocenters. The molecule has 106 valence electrons. The minimum atomic E-state index is -0.284. The molecule has 1 unspecified atom stereocenters. The van der Waals surface area contributed by atoms with E-state index in [4.69, 9.17) is 22.1 Å². The number of nitrogens with zero attached hydrogens (tertiary/aromatic N) is 1. The molecule has 0 aliphatic heterocycles. The van der Waals surface area contributed by atoms with Crippen molar-refractivity contribution in [3.63, 3.8) is 0 Å². The topological polar surface area (TPSA) is 67.6 Å². The van der Waals surface area contributed by atoms with Gasteiger partial charge in [-0.15, -0.1) is 0 Å². The zero-order chi connectivity index (χ0) is 14.4. The molecule has 6 heteroatoms. The van der Waals surface area contributed by atoms with Gasteiger partial charge in [0.15, 0.2) is 0 Å². The van der Waals surface area contributed by atoms with E-state index in [1.54, 1.807) is 25.3 Å². The maximum atomic E-state index is 12.1. The molecule has 1 amide bonds. The van der Waals surface area contributed by atoms with Crippen molar-refractivity contribution in [1.82, 2.24) is 4.90 Å². The van der Waals surface area contributed by atoms with Crippen molar-refractivity contribution in [2.45, 2.75) is 13.0 Å². The van der Waals surface area contributed by atoms with Crippen LogP contribution in [0.5, 0.6) is 0 Å². The quantitative estimate of drug-likeness (QED) is 0.783. The summed E-state index contributed by atoms with van der Waals surface area (Å²) in [5, 5.41) is 3.31. The maximum absolute atomic E-state index is 12.1. The Hall–Kier alpha value is -1.30. The van der Waals surface area contributed by atoms with Gasteiger partial charge in [0.2, 0.25) is 5.91 Å². The lowest BCUT2D eigenvalue weighted by Crippen LogP contribution is -2.41. The summed E-state index contributed by atoms with van der Waals surface area (Å²) in [5.74, 6) is -0.132. The van der Waals surface area contributed by atoms with Crippen LogP contribution in [-0.2, 0) is 9.53 Å². The van der Waals surface area contributed by atoms with E-state index in [0.717, 1.165) is 0 Å². The van der Waals surface area contributed by atoms with Gasteiger partial charge >= 0.3 is 0 Å². The van der Waals surface area contributed by atoms with Crippen LogP contribution in [-0.4, -0.2) is 44.2 Å². The van der Waals surface area contributed by atoms with Crippen molar-refractivity contribution in [1.29, 1.82) is 0 Å². The molecule has 0 fully saturated rings. The monoisotopic (exact) mass is 285 g/mol. The highest BCUT2D eigenvalue weighted by Crippen LogP contribution is 2.23. The van der Waals surface area contributed by atoms with Crippen LogP contribution < -0.4 is 11.1 Å². The van der Waals surface area contributed by atoms with E-state index in [1.165, 1.54) is 0 Å². The third-order valence-corrected chi connectivity index (χ3v) is 3.20. The van der Waals surface area contributed by atoms with Gasteiger partial charge in [-0.3, -0.25) is 9.69 Å². The van der Waals surface area contributed by atoms with E-state index in [9.17, 15) is 4.79 Å². The van der Waals surface area contributed by atoms with E-state index >= 15 is 0 Å². The van der Waals surface area contributed by atoms with Gasteiger partial charge in [-0.1, -0.05) is 11.6 Å². The molecule has 0 saturated carbocycles. The fourth-order valence-electron chi connectivity index (χ4n) is 1.50. The van der Waals surface area contributed by atoms with Gasteiger partial charge < -0.3 is 15.8 Å². The summed E-state index contributed by atoms with van der Waals surface area (Å²) in [6.45, 7) is 3.08. The minimum absolute atomic E-state index is 0.132. The fourth-order valence-corrected chi connectivity index (χ4v) is 1.68. The Kier molecular flexibility index (Phi) is 6.08. The summed E-state index contributed by atoms with van der Waals surface area (Å²) < 4.78 is 4.98. The number of methoxy groups -OCH3 is 1. The number of amides is 1. The van der Waals surface area contributed by atoms with Crippen LogP contribution in [0.2, 0.25) is 5.02 Å². The zero-order valence-corrected chi connectivity index (χ0v) is 12.2. The lowest BCUT2D eigenvalue weighted by atomic mass is 10.2. The predicted octanol–water partition coefficient (Wildman–Crippen LogP) is 1.83. The van der Waals surface area contributed by atoms with Crippen LogP contribution in [0.15, 0.2) is 18.2 Å². The largest absolute Gasteiger partial charge is 0.397 e. The molecule has 0 aromatic heterocycles. The summed E-state index contributed by atoms with van der Waals surface area (Å²) in [4.78, 5) is 14.0. The average Bonchev–Trinajstić information content (AvgIpc) is 2.39. The second-order valence-corrected chi connectivity index (χ2v) is 4.81. The molecule has 0 bridgehead atoms. The van der Waals surface area contributed by atoms with Crippen molar-refractivity contribution in [2.24, 2.45) is 0 Å². The number of nitrogens with one attached hydrogen (secondary N) is 1. The number of ether oxygens (including phenoxy) is 1. The van der Waals surface area contributed by atoms with Crippen LogP contribution >= 0.6 is 11.6 Å². The molecule has 0 radical (unpaired) electrons. The Morgan fingerprint density at radius 3 is 2.89 bits per heavy atom. The fraction of sp³-hybridized carbons (Fsp3) is 0.462. The van der Waals surface area contributed by atoms with Gasteiger partial charge in [0.25, 0.3) is 0 Å². The summed E-state index contributed by atoms with van der Waals surface area (Å²) in [7, 11) is 3.50. The molecule has 0 aliphatic rings. The lowest BCUT2D eigenvalue weighted by molar-refractivity contribution is -0.120. The first kappa shape index (κ1) is 15.8. The second kappa shape index (κ2) is 7.33. The standard InChI is InChI=1S/C13H20ClN3O2/c1-9(17(2)6-7-19-3)13(18)16-12-8-10(14)4-5-11(12)15/h4-5,8-9H,6-7,15H2,1-3H3,(H,16,18).